The van der Waals surface area contributed by atoms with Crippen LogP contribution in [0.3, 0.4) is 0 Å². The molecule has 1 heterocycles. The third-order valence-electron chi connectivity index (χ3n) is 7.22. The lowest BCUT2D eigenvalue weighted by Gasteiger charge is -2.29. The molecule has 1 amide bonds. The number of carbonyl (C=O) groups is 2. The Morgan fingerprint density at radius 1 is 1.09 bits per heavy atom. The van der Waals surface area contributed by atoms with Gasteiger partial charge in [0.15, 0.2) is 0 Å². The average molecular weight is 477 g/mol. The number of unbranched alkanes of at least 4 members (excludes halogenated alkanes) is 2. The van der Waals surface area contributed by atoms with Crippen LogP contribution in [0.4, 0.5) is 0 Å². The summed E-state index contributed by atoms with van der Waals surface area (Å²) in [5.41, 5.74) is 12.4. The van der Waals surface area contributed by atoms with Crippen LogP contribution in [0.2, 0.25) is 0 Å². The molecule has 1 aliphatic carbocycles. The molecular weight excluding hydrogens is 440 g/mol. The van der Waals surface area contributed by atoms with Crippen LogP contribution in [0.15, 0.2) is 36.4 Å². The van der Waals surface area contributed by atoms with Crippen LogP contribution in [-0.2, 0) is 27.7 Å². The second kappa shape index (κ2) is 10.6. The van der Waals surface area contributed by atoms with Crippen molar-refractivity contribution in [3.63, 3.8) is 0 Å². The van der Waals surface area contributed by atoms with Gasteiger partial charge in [-0.05, 0) is 67.0 Å². The van der Waals surface area contributed by atoms with Crippen LogP contribution in [0, 0.1) is 0 Å². The minimum Gasteiger partial charge on any atom is -0.465 e. The molecule has 3 aromatic rings. The molecule has 1 aromatic heterocycles. The van der Waals surface area contributed by atoms with Gasteiger partial charge in [0.25, 0.3) is 0 Å². The highest BCUT2D eigenvalue weighted by Gasteiger charge is 2.37. The van der Waals surface area contributed by atoms with Gasteiger partial charge < -0.3 is 19.8 Å². The number of aromatic nitrogens is 1. The number of rotatable bonds is 9. The fourth-order valence-corrected chi connectivity index (χ4v) is 5.60. The van der Waals surface area contributed by atoms with E-state index in [2.05, 4.69) is 23.6 Å². The molecule has 4 rings (SSSR count). The first-order chi connectivity index (χ1) is 16.9. The summed E-state index contributed by atoms with van der Waals surface area (Å²) in [5, 5.41) is 0.978. The number of fused-ring (bicyclic) bond motifs is 3. The van der Waals surface area contributed by atoms with Crippen LogP contribution in [0.25, 0.3) is 22.0 Å². The number of nitrogens with two attached hydrogens (primary N) is 1. The monoisotopic (exact) mass is 476 g/mol. The van der Waals surface area contributed by atoms with E-state index in [0.29, 0.717) is 18.6 Å². The minimum absolute atomic E-state index is 0.102. The van der Waals surface area contributed by atoms with Gasteiger partial charge in [0.05, 0.1) is 30.4 Å². The maximum Gasteiger partial charge on any atom is 0.338 e. The van der Waals surface area contributed by atoms with Crippen molar-refractivity contribution in [2.75, 3.05) is 13.7 Å². The third kappa shape index (κ3) is 4.59. The lowest BCUT2D eigenvalue weighted by molar-refractivity contribution is -0.120. The Morgan fingerprint density at radius 2 is 1.86 bits per heavy atom. The number of benzene rings is 2. The molecule has 2 aromatic carbocycles. The number of aryl methyl sites for hydroxylation is 2. The van der Waals surface area contributed by atoms with Crippen molar-refractivity contribution in [1.29, 1.82) is 0 Å². The predicted octanol–water partition coefficient (Wildman–Crippen LogP) is 5.80. The number of amides is 1. The normalized spacial score (nSPS) is 17.4. The number of ether oxygens (including phenoxy) is 2. The summed E-state index contributed by atoms with van der Waals surface area (Å²) < 4.78 is 13.4. The third-order valence-corrected chi connectivity index (χ3v) is 7.22. The molecule has 0 aliphatic heterocycles. The van der Waals surface area contributed by atoms with E-state index in [4.69, 9.17) is 15.2 Å². The Balaban J connectivity index is 2.07. The first-order valence-corrected chi connectivity index (χ1v) is 12.7. The molecule has 186 valence electrons. The summed E-state index contributed by atoms with van der Waals surface area (Å²) in [6, 6.07) is 11.9. The number of carbonyl (C=O) groups excluding carboxylic acids is 2. The van der Waals surface area contributed by atoms with Gasteiger partial charge >= 0.3 is 5.97 Å². The van der Waals surface area contributed by atoms with E-state index in [1.165, 1.54) is 12.7 Å². The minimum atomic E-state index is -0.402. The summed E-state index contributed by atoms with van der Waals surface area (Å²) in [6.07, 6.45) is 5.63. The van der Waals surface area contributed by atoms with Crippen molar-refractivity contribution < 1.29 is 19.1 Å². The Morgan fingerprint density at radius 3 is 2.54 bits per heavy atom. The van der Waals surface area contributed by atoms with Crippen molar-refractivity contribution in [2.45, 2.75) is 64.4 Å². The van der Waals surface area contributed by atoms with E-state index >= 15 is 0 Å². The van der Waals surface area contributed by atoms with E-state index in [-0.39, 0.29) is 18.0 Å². The maximum absolute atomic E-state index is 12.7. The SMILES string of the molecule is CCCCCc1cc(-c2ccccc2C(=O)OC)c2c3c(n(C)c2c1)C(OCC)CCC3C(N)=O. The van der Waals surface area contributed by atoms with Crippen molar-refractivity contribution in [3.05, 3.63) is 58.8 Å². The van der Waals surface area contributed by atoms with Gasteiger partial charge in [-0.15, -0.1) is 0 Å². The zero-order valence-corrected chi connectivity index (χ0v) is 21.2. The van der Waals surface area contributed by atoms with Crippen LogP contribution >= 0.6 is 0 Å². The predicted molar refractivity (Wildman–Crippen MR) is 138 cm³/mol. The van der Waals surface area contributed by atoms with Gasteiger partial charge in [0.1, 0.15) is 0 Å². The molecule has 0 radical (unpaired) electrons. The Kier molecular flexibility index (Phi) is 7.60. The lowest BCUT2D eigenvalue weighted by atomic mass is 9.81. The average Bonchev–Trinajstić information content (AvgIpc) is 3.16. The second-order valence-corrected chi connectivity index (χ2v) is 9.37. The maximum atomic E-state index is 12.7. The van der Waals surface area contributed by atoms with Crippen LogP contribution < -0.4 is 5.73 Å². The zero-order valence-electron chi connectivity index (χ0n) is 21.2. The molecule has 1 aliphatic rings. The van der Waals surface area contributed by atoms with Gasteiger partial charge in [-0.25, -0.2) is 4.79 Å². The van der Waals surface area contributed by atoms with Crippen molar-refractivity contribution in [1.82, 2.24) is 4.57 Å². The van der Waals surface area contributed by atoms with E-state index < -0.39 is 5.92 Å². The molecule has 0 saturated heterocycles. The number of hydrogen-bond acceptors (Lipinski definition) is 4. The van der Waals surface area contributed by atoms with E-state index in [0.717, 1.165) is 65.4 Å². The highest BCUT2D eigenvalue weighted by atomic mass is 16.5. The molecule has 2 unspecified atom stereocenters. The van der Waals surface area contributed by atoms with E-state index in [1.54, 1.807) is 6.07 Å². The summed E-state index contributed by atoms with van der Waals surface area (Å²) in [6.45, 7) is 4.78. The molecule has 0 saturated carbocycles. The second-order valence-electron chi connectivity index (χ2n) is 9.37. The van der Waals surface area contributed by atoms with Crippen LogP contribution in [0.1, 0.15) is 85.2 Å². The highest BCUT2D eigenvalue weighted by Crippen LogP contribution is 2.48. The van der Waals surface area contributed by atoms with Gasteiger partial charge in [0.2, 0.25) is 5.91 Å². The first kappa shape index (κ1) is 25.0. The number of nitrogens with zero attached hydrogens (tertiary/aromatic N) is 1. The Labute approximate surface area is 207 Å². The molecule has 2 N–H and O–H groups in total. The summed E-state index contributed by atoms with van der Waals surface area (Å²) in [7, 11) is 3.44. The van der Waals surface area contributed by atoms with Gasteiger partial charge in [-0.1, -0.05) is 44.0 Å². The van der Waals surface area contributed by atoms with E-state index in [9.17, 15) is 9.59 Å². The van der Waals surface area contributed by atoms with Crippen molar-refractivity contribution >= 4 is 22.8 Å². The quantitative estimate of drug-likeness (QED) is 0.312. The fourth-order valence-electron chi connectivity index (χ4n) is 5.60. The number of hydrogen-bond donors (Lipinski definition) is 1. The van der Waals surface area contributed by atoms with Crippen LogP contribution in [0.5, 0.6) is 0 Å². The molecular formula is C29H36N2O4. The zero-order chi connectivity index (χ0) is 25.1. The molecule has 6 nitrogen and oxygen atoms in total. The highest BCUT2D eigenvalue weighted by molar-refractivity contribution is 6.07. The van der Waals surface area contributed by atoms with E-state index in [1.807, 2.05) is 32.2 Å². The summed E-state index contributed by atoms with van der Waals surface area (Å²) in [4.78, 5) is 25.4. The number of esters is 1. The van der Waals surface area contributed by atoms with Gasteiger partial charge in [0, 0.05) is 24.6 Å². The fraction of sp³-hybridized carbons (Fsp3) is 0.448. The number of primary amides is 1. The molecule has 0 fully saturated rings. The molecule has 2 atom stereocenters. The van der Waals surface area contributed by atoms with Gasteiger partial charge in [-0.3, -0.25) is 4.79 Å². The first-order valence-electron chi connectivity index (χ1n) is 12.7. The lowest BCUT2D eigenvalue weighted by Crippen LogP contribution is -2.27. The standard InChI is InChI=1S/C29H36N2O4/c1-5-7-8-11-18-16-22(19-12-9-10-13-20(19)29(33)34-4)25-23(17-18)31(3)27-24(35-6-2)15-14-21(26(25)27)28(30)32/h9-10,12-13,16-17,21,24H,5-8,11,14-15H2,1-4H3,(H2,30,32). The smallest absolute Gasteiger partial charge is 0.338 e. The van der Waals surface area contributed by atoms with Crippen LogP contribution in [-0.4, -0.2) is 30.2 Å². The van der Waals surface area contributed by atoms with Crippen molar-refractivity contribution in [2.24, 2.45) is 12.8 Å². The molecule has 6 heteroatoms. The Hall–Kier alpha value is -3.12. The topological polar surface area (TPSA) is 83.6 Å². The number of methoxy groups -OCH3 is 1. The van der Waals surface area contributed by atoms with Gasteiger partial charge in [-0.2, -0.15) is 0 Å². The molecule has 35 heavy (non-hydrogen) atoms. The Bertz CT molecular complexity index is 1240. The molecule has 0 bridgehead atoms. The van der Waals surface area contributed by atoms with Crippen molar-refractivity contribution in [3.8, 4) is 11.1 Å². The summed E-state index contributed by atoms with van der Waals surface area (Å²) >= 11 is 0. The molecule has 0 spiro atoms. The largest absolute Gasteiger partial charge is 0.465 e. The summed E-state index contributed by atoms with van der Waals surface area (Å²) in [5.74, 6) is -1.11.